The maximum absolute atomic E-state index is 13.4. The molecule has 0 amide bonds. The number of rotatable bonds is 5. The summed E-state index contributed by atoms with van der Waals surface area (Å²) in [4.78, 5) is 10.4. The Bertz CT molecular complexity index is 674. The first-order valence-corrected chi connectivity index (χ1v) is 6.35. The molecule has 0 aliphatic rings. The summed E-state index contributed by atoms with van der Waals surface area (Å²) >= 11 is 0. The Balaban J connectivity index is 2.13. The molecule has 0 heterocycles. The van der Waals surface area contributed by atoms with E-state index < -0.39 is 4.92 Å². The van der Waals surface area contributed by atoms with Gasteiger partial charge in [-0.15, -0.1) is 0 Å². The van der Waals surface area contributed by atoms with Crippen LogP contribution in [-0.4, -0.2) is 12.0 Å². The van der Waals surface area contributed by atoms with Crippen LogP contribution < -0.4 is 10.1 Å². The number of nitro benzene ring substituents is 1. The number of hydrogen-bond acceptors (Lipinski definition) is 4. The summed E-state index contributed by atoms with van der Waals surface area (Å²) < 4.78 is 18.9. The predicted octanol–water partition coefficient (Wildman–Crippen LogP) is 3.66. The Morgan fingerprint density at radius 2 is 2.05 bits per heavy atom. The first-order valence-electron chi connectivity index (χ1n) is 6.35. The maximum atomic E-state index is 13.4. The summed E-state index contributed by atoms with van der Waals surface area (Å²) in [5.74, 6) is 0.0922. The zero-order valence-corrected chi connectivity index (χ0v) is 11.7. The number of benzene rings is 2. The Morgan fingerprint density at radius 1 is 1.29 bits per heavy atom. The van der Waals surface area contributed by atoms with Gasteiger partial charge in [0, 0.05) is 19.2 Å². The van der Waals surface area contributed by atoms with Gasteiger partial charge in [0.05, 0.1) is 4.92 Å². The summed E-state index contributed by atoms with van der Waals surface area (Å²) in [5, 5.41) is 13.6. The van der Waals surface area contributed by atoms with Crippen molar-refractivity contribution < 1.29 is 14.1 Å². The molecule has 0 radical (unpaired) electrons. The average molecular weight is 290 g/mol. The van der Waals surface area contributed by atoms with Crippen molar-refractivity contribution >= 4 is 11.4 Å². The van der Waals surface area contributed by atoms with E-state index in [1.54, 1.807) is 38.2 Å². The van der Waals surface area contributed by atoms with Gasteiger partial charge in [-0.1, -0.05) is 6.07 Å². The molecular formula is C15H15FN2O3. The second kappa shape index (κ2) is 6.21. The number of nitro groups is 1. The second-order valence-corrected chi connectivity index (χ2v) is 4.56. The van der Waals surface area contributed by atoms with Crippen molar-refractivity contribution in [3.8, 4) is 5.75 Å². The quantitative estimate of drug-likeness (QED) is 0.674. The van der Waals surface area contributed by atoms with Gasteiger partial charge in [0.1, 0.15) is 23.9 Å². The first-order chi connectivity index (χ1) is 10.0. The lowest BCUT2D eigenvalue weighted by molar-refractivity contribution is -0.384. The second-order valence-electron chi connectivity index (χ2n) is 4.56. The van der Waals surface area contributed by atoms with Crippen LogP contribution in [0.15, 0.2) is 36.4 Å². The molecule has 0 aliphatic carbocycles. The first kappa shape index (κ1) is 14.8. The minimum Gasteiger partial charge on any atom is -0.489 e. The smallest absolute Gasteiger partial charge is 0.292 e. The Morgan fingerprint density at radius 3 is 2.67 bits per heavy atom. The molecule has 0 spiro atoms. The minimum absolute atomic E-state index is 0.00244. The average Bonchev–Trinajstić information content (AvgIpc) is 2.48. The van der Waals surface area contributed by atoms with E-state index in [9.17, 15) is 14.5 Å². The highest BCUT2D eigenvalue weighted by molar-refractivity contribution is 5.62. The van der Waals surface area contributed by atoms with Crippen LogP contribution in [0.2, 0.25) is 0 Å². The van der Waals surface area contributed by atoms with E-state index in [4.69, 9.17) is 4.74 Å². The molecule has 0 saturated heterocycles. The molecule has 5 nitrogen and oxygen atoms in total. The monoisotopic (exact) mass is 290 g/mol. The number of halogens is 1. The summed E-state index contributed by atoms with van der Waals surface area (Å²) in [6.07, 6.45) is 0. The van der Waals surface area contributed by atoms with E-state index in [-0.39, 0.29) is 18.1 Å². The van der Waals surface area contributed by atoms with E-state index >= 15 is 0 Å². The van der Waals surface area contributed by atoms with Gasteiger partial charge in [0.15, 0.2) is 0 Å². The molecule has 0 atom stereocenters. The van der Waals surface area contributed by atoms with Gasteiger partial charge in [-0.05, 0) is 36.2 Å². The topological polar surface area (TPSA) is 64.4 Å². The van der Waals surface area contributed by atoms with Crippen molar-refractivity contribution in [2.24, 2.45) is 0 Å². The highest BCUT2D eigenvalue weighted by Gasteiger charge is 2.13. The lowest BCUT2D eigenvalue weighted by atomic mass is 10.2. The molecule has 0 aromatic heterocycles. The zero-order chi connectivity index (χ0) is 15.4. The van der Waals surface area contributed by atoms with Crippen molar-refractivity contribution in [2.75, 3.05) is 12.4 Å². The number of hydrogen-bond donors (Lipinski definition) is 1. The van der Waals surface area contributed by atoms with Crippen molar-refractivity contribution in [2.45, 2.75) is 13.5 Å². The number of nitrogens with one attached hydrogen (secondary N) is 1. The molecular weight excluding hydrogens is 275 g/mol. The predicted molar refractivity (Wildman–Crippen MR) is 78.1 cm³/mol. The lowest BCUT2D eigenvalue weighted by Crippen LogP contribution is -2.00. The third-order valence-corrected chi connectivity index (χ3v) is 3.08. The van der Waals surface area contributed by atoms with Gasteiger partial charge < -0.3 is 10.1 Å². The lowest BCUT2D eigenvalue weighted by Gasteiger charge is -2.09. The van der Waals surface area contributed by atoms with Gasteiger partial charge in [-0.3, -0.25) is 10.1 Å². The molecule has 2 aromatic rings. The molecule has 1 N–H and O–H groups in total. The third kappa shape index (κ3) is 3.47. The van der Waals surface area contributed by atoms with Gasteiger partial charge >= 0.3 is 0 Å². The molecule has 0 unspecified atom stereocenters. The van der Waals surface area contributed by atoms with Crippen LogP contribution >= 0.6 is 0 Å². The Kier molecular flexibility index (Phi) is 4.37. The summed E-state index contributed by atoms with van der Waals surface area (Å²) in [7, 11) is 1.61. The normalized spacial score (nSPS) is 10.2. The summed E-state index contributed by atoms with van der Waals surface area (Å²) in [6, 6.07) is 9.31. The van der Waals surface area contributed by atoms with E-state index in [2.05, 4.69) is 5.32 Å². The van der Waals surface area contributed by atoms with Crippen LogP contribution in [0, 0.1) is 22.9 Å². The van der Waals surface area contributed by atoms with Crippen LogP contribution in [0.5, 0.6) is 5.75 Å². The van der Waals surface area contributed by atoms with Crippen LogP contribution in [-0.2, 0) is 6.61 Å². The molecule has 0 aliphatic heterocycles. The Labute approximate surface area is 121 Å². The maximum Gasteiger partial charge on any atom is 0.292 e. The number of nitrogens with zero attached hydrogens (tertiary/aromatic N) is 1. The highest BCUT2D eigenvalue weighted by Crippen LogP contribution is 2.25. The van der Waals surface area contributed by atoms with Crippen molar-refractivity contribution in [3.63, 3.8) is 0 Å². The standard InChI is InChI=1S/C15H15FN2O3/c1-10-3-5-12(8-13(10)16)21-9-11-4-6-15(18(19)20)14(7-11)17-2/h3-8,17H,9H2,1-2H3. The van der Waals surface area contributed by atoms with E-state index in [0.717, 1.165) is 5.56 Å². The zero-order valence-electron chi connectivity index (χ0n) is 11.7. The number of anilines is 1. The van der Waals surface area contributed by atoms with E-state index in [1.165, 1.54) is 12.1 Å². The molecule has 2 aromatic carbocycles. The molecule has 6 heteroatoms. The van der Waals surface area contributed by atoms with Crippen LogP contribution in [0.3, 0.4) is 0 Å². The SMILES string of the molecule is CNc1cc(COc2ccc(C)c(F)c2)ccc1[N+](=O)[O-]. The fourth-order valence-corrected chi connectivity index (χ4v) is 1.86. The molecule has 0 bridgehead atoms. The van der Waals surface area contributed by atoms with Crippen LogP contribution in [0.1, 0.15) is 11.1 Å². The molecule has 0 fully saturated rings. The van der Waals surface area contributed by atoms with Gasteiger partial charge in [0.2, 0.25) is 0 Å². The fraction of sp³-hybridized carbons (Fsp3) is 0.200. The van der Waals surface area contributed by atoms with Gasteiger partial charge in [-0.25, -0.2) is 4.39 Å². The van der Waals surface area contributed by atoms with Gasteiger partial charge in [0.25, 0.3) is 5.69 Å². The summed E-state index contributed by atoms with van der Waals surface area (Å²) in [5.41, 5.74) is 1.72. The number of ether oxygens (including phenoxy) is 1. The van der Waals surface area contributed by atoms with Crippen LogP contribution in [0.4, 0.5) is 15.8 Å². The third-order valence-electron chi connectivity index (χ3n) is 3.08. The van der Waals surface area contributed by atoms with Crippen LogP contribution in [0.25, 0.3) is 0 Å². The van der Waals surface area contributed by atoms with E-state index in [0.29, 0.717) is 17.0 Å². The largest absolute Gasteiger partial charge is 0.489 e. The fourth-order valence-electron chi connectivity index (χ4n) is 1.86. The number of aryl methyl sites for hydroxylation is 1. The van der Waals surface area contributed by atoms with Crippen molar-refractivity contribution in [1.29, 1.82) is 0 Å². The minimum atomic E-state index is -0.453. The molecule has 110 valence electrons. The Hall–Kier alpha value is -2.63. The highest BCUT2D eigenvalue weighted by atomic mass is 19.1. The van der Waals surface area contributed by atoms with Crippen molar-refractivity contribution in [1.82, 2.24) is 0 Å². The molecule has 2 rings (SSSR count). The molecule has 21 heavy (non-hydrogen) atoms. The summed E-state index contributed by atoms with van der Waals surface area (Å²) in [6.45, 7) is 1.88. The van der Waals surface area contributed by atoms with Crippen molar-refractivity contribution in [3.05, 3.63) is 63.5 Å². The van der Waals surface area contributed by atoms with Gasteiger partial charge in [-0.2, -0.15) is 0 Å². The molecule has 0 saturated carbocycles. The van der Waals surface area contributed by atoms with E-state index in [1.807, 2.05) is 0 Å².